The Kier molecular flexibility index (Phi) is 7.08. The van der Waals surface area contributed by atoms with Crippen LogP contribution in [0.4, 0.5) is 5.69 Å². The molecule has 0 radical (unpaired) electrons. The van der Waals surface area contributed by atoms with Crippen LogP contribution >= 0.6 is 46.4 Å². The first-order valence-corrected chi connectivity index (χ1v) is 9.71. The zero-order valence-corrected chi connectivity index (χ0v) is 17.8. The molecular weight excluding hydrogens is 440 g/mol. The maximum atomic E-state index is 6.15. The van der Waals surface area contributed by atoms with Crippen molar-refractivity contribution in [2.45, 2.75) is 6.61 Å². The molecular formula is C21H15Cl4NO2. The summed E-state index contributed by atoms with van der Waals surface area (Å²) in [5.74, 6) is 1.22. The highest BCUT2D eigenvalue weighted by Crippen LogP contribution is 2.34. The third kappa shape index (κ3) is 5.33. The summed E-state index contributed by atoms with van der Waals surface area (Å²) in [4.78, 5) is 4.38. The molecule has 3 rings (SSSR count). The number of rotatable bonds is 6. The molecule has 3 nitrogen and oxygen atoms in total. The molecule has 0 fully saturated rings. The molecule has 0 heterocycles. The van der Waals surface area contributed by atoms with E-state index in [0.29, 0.717) is 43.9 Å². The molecule has 3 aromatic carbocycles. The monoisotopic (exact) mass is 453 g/mol. The van der Waals surface area contributed by atoms with Crippen molar-refractivity contribution < 1.29 is 9.47 Å². The summed E-state index contributed by atoms with van der Waals surface area (Å²) in [6.45, 7) is 0.403. The Morgan fingerprint density at radius 3 is 2.25 bits per heavy atom. The molecule has 144 valence electrons. The zero-order chi connectivity index (χ0) is 20.1. The van der Waals surface area contributed by atoms with Crippen LogP contribution in [0.3, 0.4) is 0 Å². The van der Waals surface area contributed by atoms with Gasteiger partial charge in [-0.05, 0) is 53.6 Å². The first kappa shape index (κ1) is 20.8. The summed E-state index contributed by atoms with van der Waals surface area (Å²) in [6, 6.07) is 16.2. The zero-order valence-electron chi connectivity index (χ0n) is 14.8. The van der Waals surface area contributed by atoms with E-state index in [9.17, 15) is 0 Å². The van der Waals surface area contributed by atoms with Crippen molar-refractivity contribution in [2.24, 2.45) is 4.99 Å². The van der Waals surface area contributed by atoms with Crippen LogP contribution in [0.2, 0.25) is 20.1 Å². The Morgan fingerprint density at radius 2 is 1.54 bits per heavy atom. The fraction of sp³-hybridized carbons (Fsp3) is 0.0952. The van der Waals surface area contributed by atoms with Crippen molar-refractivity contribution in [3.05, 3.63) is 85.8 Å². The first-order valence-electron chi connectivity index (χ1n) is 8.20. The summed E-state index contributed by atoms with van der Waals surface area (Å²) >= 11 is 24.0. The van der Waals surface area contributed by atoms with E-state index in [1.807, 2.05) is 42.5 Å². The van der Waals surface area contributed by atoms with Gasteiger partial charge in [-0.3, -0.25) is 4.99 Å². The van der Waals surface area contributed by atoms with Crippen molar-refractivity contribution in [3.63, 3.8) is 0 Å². The second kappa shape index (κ2) is 9.53. The van der Waals surface area contributed by atoms with Crippen molar-refractivity contribution in [1.82, 2.24) is 0 Å². The highest BCUT2D eigenvalue weighted by molar-refractivity contribution is 6.44. The van der Waals surface area contributed by atoms with E-state index >= 15 is 0 Å². The molecule has 0 aliphatic heterocycles. The average Bonchev–Trinajstić information content (AvgIpc) is 2.69. The number of hydrogen-bond acceptors (Lipinski definition) is 3. The Labute approximate surface area is 183 Å². The van der Waals surface area contributed by atoms with E-state index in [1.165, 1.54) is 0 Å². The number of ether oxygens (including phenoxy) is 2. The molecule has 0 N–H and O–H groups in total. The smallest absolute Gasteiger partial charge is 0.161 e. The Balaban J connectivity index is 1.75. The summed E-state index contributed by atoms with van der Waals surface area (Å²) in [5.41, 5.74) is 2.35. The van der Waals surface area contributed by atoms with Gasteiger partial charge < -0.3 is 9.47 Å². The fourth-order valence-electron chi connectivity index (χ4n) is 2.38. The molecule has 0 unspecified atom stereocenters. The topological polar surface area (TPSA) is 30.8 Å². The summed E-state index contributed by atoms with van der Waals surface area (Å²) < 4.78 is 11.3. The van der Waals surface area contributed by atoms with Crippen LogP contribution in [-0.4, -0.2) is 13.3 Å². The molecule has 0 saturated heterocycles. The van der Waals surface area contributed by atoms with Crippen molar-refractivity contribution in [3.8, 4) is 11.5 Å². The number of methoxy groups -OCH3 is 1. The maximum Gasteiger partial charge on any atom is 0.161 e. The van der Waals surface area contributed by atoms with E-state index in [-0.39, 0.29) is 0 Å². The maximum absolute atomic E-state index is 6.15. The van der Waals surface area contributed by atoms with Crippen LogP contribution in [0, 0.1) is 0 Å². The lowest BCUT2D eigenvalue weighted by Crippen LogP contribution is -1.98. The van der Waals surface area contributed by atoms with Crippen molar-refractivity contribution >= 4 is 58.3 Å². The molecule has 0 spiro atoms. The van der Waals surface area contributed by atoms with Gasteiger partial charge in [0.2, 0.25) is 0 Å². The summed E-state index contributed by atoms with van der Waals surface area (Å²) in [5, 5.41) is 1.88. The Hall–Kier alpha value is -1.91. The van der Waals surface area contributed by atoms with Gasteiger partial charge >= 0.3 is 0 Å². The quantitative estimate of drug-likeness (QED) is 0.283. The summed E-state index contributed by atoms with van der Waals surface area (Å²) in [6.07, 6.45) is 1.66. The molecule has 0 atom stereocenters. The second-order valence-electron chi connectivity index (χ2n) is 5.80. The molecule has 28 heavy (non-hydrogen) atoms. The van der Waals surface area contributed by atoms with Gasteiger partial charge in [-0.2, -0.15) is 0 Å². The van der Waals surface area contributed by atoms with Gasteiger partial charge in [-0.15, -0.1) is 0 Å². The molecule has 3 aromatic rings. The van der Waals surface area contributed by atoms with Crippen molar-refractivity contribution in [2.75, 3.05) is 7.11 Å². The minimum absolute atomic E-state index is 0.384. The van der Waals surface area contributed by atoms with E-state index < -0.39 is 0 Å². The van der Waals surface area contributed by atoms with Crippen LogP contribution in [0.5, 0.6) is 11.5 Å². The lowest BCUT2D eigenvalue weighted by molar-refractivity contribution is 0.284. The largest absolute Gasteiger partial charge is 0.493 e. The molecule has 0 saturated carbocycles. The first-order chi connectivity index (χ1) is 13.5. The van der Waals surface area contributed by atoms with Crippen LogP contribution in [-0.2, 0) is 6.61 Å². The van der Waals surface area contributed by atoms with Crippen molar-refractivity contribution in [1.29, 1.82) is 0 Å². The SMILES string of the molecule is COc1cc(C=Nc2cc(Cl)c(Cl)cc2Cl)ccc1OCc1ccc(Cl)cc1. The van der Waals surface area contributed by atoms with Gasteiger partial charge in [0.25, 0.3) is 0 Å². The number of hydrogen-bond donors (Lipinski definition) is 0. The number of nitrogens with zero attached hydrogens (tertiary/aromatic N) is 1. The summed E-state index contributed by atoms with van der Waals surface area (Å²) in [7, 11) is 1.58. The van der Waals surface area contributed by atoms with Gasteiger partial charge in [-0.25, -0.2) is 0 Å². The lowest BCUT2D eigenvalue weighted by Gasteiger charge is -2.11. The predicted molar refractivity (Wildman–Crippen MR) is 118 cm³/mol. The molecule has 7 heteroatoms. The van der Waals surface area contributed by atoms with Crippen LogP contribution in [0.25, 0.3) is 0 Å². The minimum atomic E-state index is 0.384. The predicted octanol–water partition coefficient (Wildman–Crippen LogP) is 7.64. The standard InChI is InChI=1S/C21H15Cl4NO2/c1-27-21-8-14(11-26-19-10-17(24)16(23)9-18(19)25)4-7-20(21)28-12-13-2-5-15(22)6-3-13/h2-11H,12H2,1H3. The van der Waals surface area contributed by atoms with Crippen LogP contribution < -0.4 is 9.47 Å². The van der Waals surface area contributed by atoms with Gasteiger partial charge in [0, 0.05) is 11.2 Å². The Morgan fingerprint density at radius 1 is 0.821 bits per heavy atom. The molecule has 0 amide bonds. The van der Waals surface area contributed by atoms with Gasteiger partial charge in [0.05, 0.1) is 27.9 Å². The number of benzene rings is 3. The van der Waals surface area contributed by atoms with Crippen LogP contribution in [0.15, 0.2) is 59.6 Å². The van der Waals surface area contributed by atoms with Crippen LogP contribution in [0.1, 0.15) is 11.1 Å². The van der Waals surface area contributed by atoms with E-state index in [2.05, 4.69) is 4.99 Å². The average molecular weight is 455 g/mol. The molecule has 0 aromatic heterocycles. The fourth-order valence-corrected chi connectivity index (χ4v) is 3.10. The lowest BCUT2D eigenvalue weighted by atomic mass is 10.2. The number of halogens is 4. The van der Waals surface area contributed by atoms with E-state index in [4.69, 9.17) is 55.9 Å². The van der Waals surface area contributed by atoms with Gasteiger partial charge in [0.15, 0.2) is 11.5 Å². The third-order valence-corrected chi connectivity index (χ3v) is 5.11. The highest BCUT2D eigenvalue weighted by atomic mass is 35.5. The second-order valence-corrected chi connectivity index (χ2v) is 7.46. The minimum Gasteiger partial charge on any atom is -0.493 e. The third-order valence-electron chi connectivity index (χ3n) is 3.84. The van der Waals surface area contributed by atoms with Gasteiger partial charge in [0.1, 0.15) is 6.61 Å². The Bertz CT molecular complexity index is 1000. The molecule has 0 aliphatic carbocycles. The van der Waals surface area contributed by atoms with Gasteiger partial charge in [-0.1, -0.05) is 58.5 Å². The van der Waals surface area contributed by atoms with E-state index in [1.54, 1.807) is 25.5 Å². The highest BCUT2D eigenvalue weighted by Gasteiger charge is 2.07. The van der Waals surface area contributed by atoms with E-state index in [0.717, 1.165) is 11.1 Å². The molecule has 0 bridgehead atoms. The molecule has 0 aliphatic rings. The normalized spacial score (nSPS) is 11.0. The number of aliphatic imine (C=N–C) groups is 1.